The summed E-state index contributed by atoms with van der Waals surface area (Å²) in [4.78, 5) is 18.5. The number of methoxy groups -OCH3 is 1. The molecule has 0 saturated carbocycles. The molecular weight excluding hydrogens is 373 g/mol. The van der Waals surface area contributed by atoms with Crippen LogP contribution in [-0.4, -0.2) is 29.7 Å². The van der Waals surface area contributed by atoms with E-state index in [-0.39, 0.29) is 30.0 Å². The first kappa shape index (κ1) is 17.5. The van der Waals surface area contributed by atoms with E-state index in [0.29, 0.717) is 34.4 Å². The highest BCUT2D eigenvalue weighted by Gasteiger charge is 2.36. The zero-order valence-corrected chi connectivity index (χ0v) is 15.1. The highest BCUT2D eigenvalue weighted by atomic mass is 35.5. The smallest absolute Gasteiger partial charge is 0.257 e. The SMILES string of the molecule is COc1ccc(Cl)cc1N1CC(c2noc(-c3ccc(F)cc3)n2)CC1=O. The Morgan fingerprint density at radius 3 is 2.78 bits per heavy atom. The van der Waals surface area contributed by atoms with Gasteiger partial charge in [0.1, 0.15) is 11.6 Å². The molecule has 6 nitrogen and oxygen atoms in total. The van der Waals surface area contributed by atoms with Crippen LogP contribution in [0.2, 0.25) is 5.02 Å². The monoisotopic (exact) mass is 387 g/mol. The molecule has 0 bridgehead atoms. The number of nitrogens with zero attached hydrogens (tertiary/aromatic N) is 3. The fraction of sp³-hybridized carbons (Fsp3) is 0.211. The van der Waals surface area contributed by atoms with Crippen molar-refractivity contribution < 1.29 is 18.4 Å². The van der Waals surface area contributed by atoms with Gasteiger partial charge in [-0.2, -0.15) is 4.98 Å². The van der Waals surface area contributed by atoms with Gasteiger partial charge in [-0.3, -0.25) is 4.79 Å². The first-order valence-electron chi connectivity index (χ1n) is 8.28. The van der Waals surface area contributed by atoms with Crippen LogP contribution in [0.1, 0.15) is 18.2 Å². The maximum atomic E-state index is 13.1. The Hall–Kier alpha value is -2.93. The highest BCUT2D eigenvalue weighted by Crippen LogP contribution is 2.37. The zero-order chi connectivity index (χ0) is 19.0. The van der Waals surface area contributed by atoms with Crippen molar-refractivity contribution in [2.45, 2.75) is 12.3 Å². The zero-order valence-electron chi connectivity index (χ0n) is 14.4. The van der Waals surface area contributed by atoms with Crippen LogP contribution < -0.4 is 9.64 Å². The number of hydrogen-bond donors (Lipinski definition) is 0. The van der Waals surface area contributed by atoms with Gasteiger partial charge in [0.05, 0.1) is 12.8 Å². The summed E-state index contributed by atoms with van der Waals surface area (Å²) < 4.78 is 23.7. The molecule has 1 aliphatic heterocycles. The van der Waals surface area contributed by atoms with Gasteiger partial charge >= 0.3 is 0 Å². The van der Waals surface area contributed by atoms with Crippen LogP contribution in [-0.2, 0) is 4.79 Å². The number of benzene rings is 2. The summed E-state index contributed by atoms with van der Waals surface area (Å²) in [7, 11) is 1.54. The first-order valence-corrected chi connectivity index (χ1v) is 8.66. The molecule has 27 heavy (non-hydrogen) atoms. The minimum atomic E-state index is -0.342. The van der Waals surface area contributed by atoms with Gasteiger partial charge in [-0.25, -0.2) is 4.39 Å². The quantitative estimate of drug-likeness (QED) is 0.675. The Bertz CT molecular complexity index is 990. The highest BCUT2D eigenvalue weighted by molar-refractivity contribution is 6.31. The van der Waals surface area contributed by atoms with Crippen molar-refractivity contribution >= 4 is 23.2 Å². The molecule has 3 aromatic rings. The van der Waals surface area contributed by atoms with E-state index < -0.39 is 0 Å². The second kappa shape index (κ2) is 7.00. The lowest BCUT2D eigenvalue weighted by Crippen LogP contribution is -2.24. The van der Waals surface area contributed by atoms with E-state index in [1.165, 1.54) is 12.1 Å². The molecule has 1 aromatic heterocycles. The maximum Gasteiger partial charge on any atom is 0.257 e. The van der Waals surface area contributed by atoms with Crippen LogP contribution in [0.4, 0.5) is 10.1 Å². The first-order chi connectivity index (χ1) is 13.0. The van der Waals surface area contributed by atoms with Gasteiger partial charge in [0.2, 0.25) is 5.91 Å². The summed E-state index contributed by atoms with van der Waals surface area (Å²) in [6.07, 6.45) is 0.248. The minimum Gasteiger partial charge on any atom is -0.495 e. The van der Waals surface area contributed by atoms with Crippen molar-refractivity contribution in [1.82, 2.24) is 10.1 Å². The number of rotatable bonds is 4. The molecule has 0 spiro atoms. The number of anilines is 1. The molecule has 1 fully saturated rings. The summed E-state index contributed by atoms with van der Waals surface area (Å²) in [5.74, 6) is 0.648. The van der Waals surface area contributed by atoms with E-state index in [1.807, 2.05) is 0 Å². The fourth-order valence-electron chi connectivity index (χ4n) is 3.10. The maximum absolute atomic E-state index is 13.1. The second-order valence-electron chi connectivity index (χ2n) is 6.19. The van der Waals surface area contributed by atoms with Gasteiger partial charge in [-0.15, -0.1) is 0 Å². The number of carbonyl (C=O) groups is 1. The molecular formula is C19H15ClFN3O3. The van der Waals surface area contributed by atoms with Gasteiger partial charge in [0.25, 0.3) is 5.89 Å². The van der Waals surface area contributed by atoms with Gasteiger partial charge < -0.3 is 14.2 Å². The van der Waals surface area contributed by atoms with E-state index in [0.717, 1.165) is 0 Å². The molecule has 1 aliphatic rings. The molecule has 0 aliphatic carbocycles. The lowest BCUT2D eigenvalue weighted by atomic mass is 10.1. The number of amides is 1. The third-order valence-corrected chi connectivity index (χ3v) is 4.69. The predicted octanol–water partition coefficient (Wildman–Crippen LogP) is 4.06. The standard InChI is InChI=1S/C19H15ClFN3O3/c1-26-16-7-4-13(20)9-15(16)24-10-12(8-17(24)25)18-22-19(27-23-18)11-2-5-14(21)6-3-11/h2-7,9,12H,8,10H2,1H3. The summed E-state index contributed by atoms with van der Waals surface area (Å²) in [6.45, 7) is 0.387. The van der Waals surface area contributed by atoms with Gasteiger partial charge in [-0.1, -0.05) is 16.8 Å². The number of ether oxygens (including phenoxy) is 1. The van der Waals surface area contributed by atoms with E-state index in [9.17, 15) is 9.18 Å². The second-order valence-corrected chi connectivity index (χ2v) is 6.62. The Kier molecular flexibility index (Phi) is 4.53. The Labute approximate surface area is 159 Å². The molecule has 2 aromatic carbocycles. The summed E-state index contributed by atoms with van der Waals surface area (Å²) in [6, 6.07) is 10.9. The van der Waals surface area contributed by atoms with Gasteiger partial charge in [0.15, 0.2) is 5.82 Å². The summed E-state index contributed by atoms with van der Waals surface area (Å²) in [5, 5.41) is 4.52. The van der Waals surface area contributed by atoms with Crippen LogP contribution in [0, 0.1) is 5.82 Å². The summed E-state index contributed by atoms with van der Waals surface area (Å²) in [5.41, 5.74) is 1.23. The van der Waals surface area contributed by atoms with Crippen molar-refractivity contribution in [1.29, 1.82) is 0 Å². The lowest BCUT2D eigenvalue weighted by Gasteiger charge is -2.19. The predicted molar refractivity (Wildman–Crippen MR) is 97.4 cm³/mol. The number of halogens is 2. The minimum absolute atomic E-state index is 0.0753. The molecule has 1 saturated heterocycles. The van der Waals surface area contributed by atoms with Crippen LogP contribution in [0.25, 0.3) is 11.5 Å². The van der Waals surface area contributed by atoms with Crippen molar-refractivity contribution in [3.63, 3.8) is 0 Å². The van der Waals surface area contributed by atoms with E-state index in [4.69, 9.17) is 20.9 Å². The molecule has 4 rings (SSSR count). The number of carbonyl (C=O) groups excluding carboxylic acids is 1. The molecule has 1 amide bonds. The lowest BCUT2D eigenvalue weighted by molar-refractivity contribution is -0.117. The molecule has 1 unspecified atom stereocenters. The molecule has 1 atom stereocenters. The van der Waals surface area contributed by atoms with Crippen LogP contribution >= 0.6 is 11.6 Å². The number of hydrogen-bond acceptors (Lipinski definition) is 5. The van der Waals surface area contributed by atoms with Crippen molar-refractivity contribution in [2.75, 3.05) is 18.6 Å². The molecule has 2 heterocycles. The molecule has 8 heteroatoms. The van der Waals surface area contributed by atoms with E-state index in [2.05, 4.69) is 10.1 Å². The Morgan fingerprint density at radius 2 is 2.04 bits per heavy atom. The van der Waals surface area contributed by atoms with Crippen LogP contribution in [0.15, 0.2) is 47.0 Å². The average Bonchev–Trinajstić information content (AvgIpc) is 3.29. The summed E-state index contributed by atoms with van der Waals surface area (Å²) >= 11 is 6.08. The average molecular weight is 388 g/mol. The van der Waals surface area contributed by atoms with E-state index in [1.54, 1.807) is 42.3 Å². The van der Waals surface area contributed by atoms with Crippen molar-refractivity contribution in [3.05, 3.63) is 59.1 Å². The third kappa shape index (κ3) is 3.38. The molecule has 0 radical (unpaired) electrons. The van der Waals surface area contributed by atoms with Gasteiger partial charge in [0, 0.05) is 29.5 Å². The van der Waals surface area contributed by atoms with Crippen LogP contribution in [0.3, 0.4) is 0 Å². The normalized spacial score (nSPS) is 16.8. The topological polar surface area (TPSA) is 68.5 Å². The fourth-order valence-corrected chi connectivity index (χ4v) is 3.26. The van der Waals surface area contributed by atoms with Crippen molar-refractivity contribution in [2.24, 2.45) is 0 Å². The van der Waals surface area contributed by atoms with Gasteiger partial charge in [-0.05, 0) is 42.5 Å². The Morgan fingerprint density at radius 1 is 1.26 bits per heavy atom. The Balaban J connectivity index is 1.58. The third-order valence-electron chi connectivity index (χ3n) is 4.45. The molecule has 0 N–H and O–H groups in total. The van der Waals surface area contributed by atoms with E-state index >= 15 is 0 Å². The largest absolute Gasteiger partial charge is 0.495 e. The van der Waals surface area contributed by atoms with Crippen molar-refractivity contribution in [3.8, 4) is 17.2 Å². The van der Waals surface area contributed by atoms with Crippen LogP contribution in [0.5, 0.6) is 5.75 Å². The number of aromatic nitrogens is 2. The molecule has 138 valence electrons.